The molecule has 22 heavy (non-hydrogen) atoms. The first kappa shape index (κ1) is 17.9. The lowest BCUT2D eigenvalue weighted by atomic mass is 9.87. The van der Waals surface area contributed by atoms with E-state index in [1.54, 1.807) is 13.8 Å². The van der Waals surface area contributed by atoms with Crippen LogP contribution in [0.2, 0.25) is 0 Å². The predicted molar refractivity (Wildman–Crippen MR) is 78.5 cm³/mol. The highest BCUT2D eigenvalue weighted by Crippen LogP contribution is 2.28. The zero-order chi connectivity index (χ0) is 16.7. The maximum Gasteiger partial charge on any atom is 0.294 e. The molecule has 0 aromatic rings. The van der Waals surface area contributed by atoms with E-state index in [4.69, 9.17) is 4.74 Å². The Labute approximate surface area is 129 Å². The van der Waals surface area contributed by atoms with Gasteiger partial charge < -0.3 is 9.57 Å². The number of nitrogens with zero attached hydrogens (tertiary/aromatic N) is 1. The number of ether oxygens (including phenoxy) is 1. The molecule has 7 heteroatoms. The van der Waals surface area contributed by atoms with E-state index in [1.165, 1.54) is 7.11 Å². The van der Waals surface area contributed by atoms with Gasteiger partial charge >= 0.3 is 0 Å². The van der Waals surface area contributed by atoms with E-state index in [0.717, 1.165) is 19.3 Å². The number of carbonyl (C=O) groups is 2. The molecule has 1 aliphatic rings. The molecule has 0 unspecified atom stereocenters. The van der Waals surface area contributed by atoms with Gasteiger partial charge in [-0.2, -0.15) is 0 Å². The van der Waals surface area contributed by atoms with Crippen LogP contribution in [0.1, 0.15) is 46.0 Å². The molecular weight excluding hydrogens is 290 g/mol. The van der Waals surface area contributed by atoms with Crippen molar-refractivity contribution in [1.29, 1.82) is 0 Å². The van der Waals surface area contributed by atoms with E-state index in [1.807, 2.05) is 0 Å². The summed E-state index contributed by atoms with van der Waals surface area (Å²) in [4.78, 5) is 38.5. The van der Waals surface area contributed by atoms with Gasteiger partial charge in [0.15, 0.2) is 11.5 Å². The number of hydrogen-bond acceptors (Lipinski definition) is 6. The normalized spacial score (nSPS) is 15.4. The molecule has 0 spiro atoms. The third kappa shape index (κ3) is 4.41. The molecule has 0 radical (unpaired) electrons. The van der Waals surface area contributed by atoms with Crippen LogP contribution in [-0.4, -0.2) is 30.4 Å². The average molecular weight is 311 g/mol. The maximum absolute atomic E-state index is 12.3. The van der Waals surface area contributed by atoms with Crippen LogP contribution in [0, 0.1) is 10.1 Å². The lowest BCUT2D eigenvalue weighted by Gasteiger charge is -2.19. The van der Waals surface area contributed by atoms with Crippen LogP contribution in [-0.2, 0) is 19.2 Å². The van der Waals surface area contributed by atoms with Crippen LogP contribution in [0.3, 0.4) is 0 Å². The summed E-state index contributed by atoms with van der Waals surface area (Å²) in [5.41, 5.74) is 1.35. The molecule has 0 aromatic heterocycles. The van der Waals surface area contributed by atoms with Crippen LogP contribution in [0.5, 0.6) is 0 Å². The number of carbonyl (C=O) groups excluding carboxylic acids is 2. The Morgan fingerprint density at radius 1 is 1.00 bits per heavy atom. The molecule has 0 N–H and O–H groups in total. The van der Waals surface area contributed by atoms with Crippen LogP contribution < -0.4 is 0 Å². The second kappa shape index (κ2) is 8.31. The maximum atomic E-state index is 12.3. The van der Waals surface area contributed by atoms with Crippen LogP contribution in [0.25, 0.3) is 0 Å². The van der Waals surface area contributed by atoms with Crippen LogP contribution in [0.4, 0.5) is 0 Å². The van der Waals surface area contributed by atoms with Gasteiger partial charge in [0.2, 0.25) is 5.78 Å². The lowest BCUT2D eigenvalue weighted by Crippen LogP contribution is -2.23. The van der Waals surface area contributed by atoms with E-state index in [9.17, 15) is 19.7 Å². The average Bonchev–Trinajstić information content (AvgIpc) is 2.47. The first-order valence-corrected chi connectivity index (χ1v) is 7.21. The van der Waals surface area contributed by atoms with E-state index in [0.29, 0.717) is 29.6 Å². The first-order chi connectivity index (χ1) is 10.4. The molecule has 0 bridgehead atoms. The fourth-order valence-corrected chi connectivity index (χ4v) is 2.44. The molecule has 0 amide bonds. The summed E-state index contributed by atoms with van der Waals surface area (Å²) < 4.78 is 5.04. The summed E-state index contributed by atoms with van der Waals surface area (Å²) in [5.74, 6) is -0.232. The van der Waals surface area contributed by atoms with Gasteiger partial charge in [-0.15, -0.1) is 10.1 Å². The van der Waals surface area contributed by atoms with Crippen molar-refractivity contribution in [3.8, 4) is 0 Å². The molecule has 0 saturated carbocycles. The SMILES string of the molecule is COC1=C(C)C(=O)C(C)=C(CCCCCCO[N+](=O)[O-])C1=O. The molecular formula is C15H21NO6. The highest BCUT2D eigenvalue weighted by atomic mass is 16.9. The Kier molecular flexibility index (Phi) is 6.75. The molecule has 1 aliphatic carbocycles. The quantitative estimate of drug-likeness (QED) is 0.281. The first-order valence-electron chi connectivity index (χ1n) is 7.21. The van der Waals surface area contributed by atoms with Gasteiger partial charge in [-0.3, -0.25) is 9.59 Å². The van der Waals surface area contributed by atoms with Crippen molar-refractivity contribution >= 4 is 11.6 Å². The van der Waals surface area contributed by atoms with E-state index >= 15 is 0 Å². The minimum Gasteiger partial charge on any atom is -0.492 e. The van der Waals surface area contributed by atoms with Crippen molar-refractivity contribution in [2.24, 2.45) is 0 Å². The fourth-order valence-electron chi connectivity index (χ4n) is 2.44. The van der Waals surface area contributed by atoms with Crippen LogP contribution >= 0.6 is 0 Å². The second-order valence-electron chi connectivity index (χ2n) is 5.14. The van der Waals surface area contributed by atoms with E-state index < -0.39 is 5.09 Å². The number of rotatable bonds is 9. The molecule has 0 atom stereocenters. The topological polar surface area (TPSA) is 95.7 Å². The minimum atomic E-state index is -0.804. The Morgan fingerprint density at radius 2 is 1.64 bits per heavy atom. The third-order valence-corrected chi connectivity index (χ3v) is 3.68. The van der Waals surface area contributed by atoms with Crippen molar-refractivity contribution in [3.63, 3.8) is 0 Å². The molecule has 122 valence electrons. The highest BCUT2D eigenvalue weighted by molar-refractivity contribution is 6.23. The number of allylic oxidation sites excluding steroid dienone is 3. The Bertz CT molecular complexity index is 532. The second-order valence-corrected chi connectivity index (χ2v) is 5.14. The summed E-state index contributed by atoms with van der Waals surface area (Å²) in [5, 5.41) is 9.17. The molecule has 0 aromatic carbocycles. The number of ketones is 2. The van der Waals surface area contributed by atoms with Crippen molar-refractivity contribution in [2.75, 3.05) is 13.7 Å². The lowest BCUT2D eigenvalue weighted by molar-refractivity contribution is -0.757. The predicted octanol–water partition coefficient (Wildman–Crippen LogP) is 2.53. The largest absolute Gasteiger partial charge is 0.492 e. The van der Waals surface area contributed by atoms with Gasteiger partial charge in [-0.25, -0.2) is 0 Å². The number of unbranched alkanes of at least 4 members (excludes halogenated alkanes) is 3. The third-order valence-electron chi connectivity index (χ3n) is 3.68. The van der Waals surface area contributed by atoms with Gasteiger partial charge in [0.1, 0.15) is 0 Å². The fraction of sp³-hybridized carbons (Fsp3) is 0.600. The number of Topliss-reactive ketones (excluding diaryl/α,β-unsaturated/α-hetero) is 2. The standard InChI is InChI=1S/C15H21NO6/c1-10-12(8-6-4-5-7-9-22-16(19)20)14(18)15(21-3)11(2)13(10)17/h4-9H2,1-3H3. The Hall–Kier alpha value is -2.18. The van der Waals surface area contributed by atoms with Gasteiger partial charge in [-0.1, -0.05) is 12.8 Å². The minimum absolute atomic E-state index is 0.0852. The molecule has 0 saturated heterocycles. The van der Waals surface area contributed by atoms with Crippen molar-refractivity contribution in [2.45, 2.75) is 46.0 Å². The number of methoxy groups -OCH3 is 1. The number of hydrogen-bond donors (Lipinski definition) is 0. The summed E-state index contributed by atoms with van der Waals surface area (Å²) in [6.07, 6.45) is 3.42. The zero-order valence-electron chi connectivity index (χ0n) is 13.1. The molecule has 0 aliphatic heterocycles. The van der Waals surface area contributed by atoms with Gasteiger partial charge in [0, 0.05) is 16.7 Å². The molecule has 7 nitrogen and oxygen atoms in total. The molecule has 0 heterocycles. The zero-order valence-corrected chi connectivity index (χ0v) is 13.1. The van der Waals surface area contributed by atoms with Crippen LogP contribution in [0.15, 0.2) is 22.5 Å². The highest BCUT2D eigenvalue weighted by Gasteiger charge is 2.30. The van der Waals surface area contributed by atoms with Crippen molar-refractivity contribution in [3.05, 3.63) is 32.6 Å². The summed E-state index contributed by atoms with van der Waals surface area (Å²) >= 11 is 0. The van der Waals surface area contributed by atoms with Gasteiger partial charge in [0.25, 0.3) is 5.09 Å². The van der Waals surface area contributed by atoms with E-state index in [2.05, 4.69) is 4.84 Å². The van der Waals surface area contributed by atoms with E-state index in [-0.39, 0.29) is 23.9 Å². The van der Waals surface area contributed by atoms with Crippen molar-refractivity contribution < 1.29 is 24.3 Å². The Balaban J connectivity index is 2.47. The summed E-state index contributed by atoms with van der Waals surface area (Å²) in [6.45, 7) is 3.34. The van der Waals surface area contributed by atoms with Crippen molar-refractivity contribution in [1.82, 2.24) is 0 Å². The summed E-state index contributed by atoms with van der Waals surface area (Å²) in [7, 11) is 1.39. The molecule has 0 fully saturated rings. The van der Waals surface area contributed by atoms with Gasteiger partial charge in [0.05, 0.1) is 13.7 Å². The Morgan fingerprint density at radius 3 is 2.23 bits per heavy atom. The van der Waals surface area contributed by atoms with Gasteiger partial charge in [-0.05, 0) is 33.1 Å². The molecule has 1 rings (SSSR count). The summed E-state index contributed by atoms with van der Waals surface area (Å²) in [6, 6.07) is 0. The monoisotopic (exact) mass is 311 g/mol. The smallest absolute Gasteiger partial charge is 0.294 e.